The van der Waals surface area contributed by atoms with Crippen LogP contribution in [0.25, 0.3) is 6.08 Å². The number of carbonyl (C=O) groups is 1. The number of carbonyl (C=O) groups excluding carboxylic acids is 1. The third-order valence-electron chi connectivity index (χ3n) is 2.94. The van der Waals surface area contributed by atoms with E-state index in [0.29, 0.717) is 0 Å². The summed E-state index contributed by atoms with van der Waals surface area (Å²) in [5.74, 6) is 0.950. The third kappa shape index (κ3) is 2.43. The number of allylic oxidation sites excluding steroid dienone is 5. The van der Waals surface area contributed by atoms with Crippen LogP contribution in [0.5, 0.6) is 5.75 Å². The zero-order chi connectivity index (χ0) is 13.1. The van der Waals surface area contributed by atoms with Gasteiger partial charge in [0.05, 0.1) is 7.11 Å². The van der Waals surface area contributed by atoms with Gasteiger partial charge in [-0.05, 0) is 54.9 Å². The van der Waals surface area contributed by atoms with Gasteiger partial charge in [-0.15, -0.1) is 0 Å². The molecule has 0 aromatic heterocycles. The third-order valence-corrected chi connectivity index (χ3v) is 2.94. The zero-order valence-electron chi connectivity index (χ0n) is 10.9. The molecular formula is C16H16O2. The lowest BCUT2D eigenvalue weighted by atomic mass is 9.94. The molecule has 1 aliphatic carbocycles. The Kier molecular flexibility index (Phi) is 3.47. The Labute approximate surface area is 107 Å². The van der Waals surface area contributed by atoms with Gasteiger partial charge >= 0.3 is 0 Å². The number of hydrogen-bond acceptors (Lipinski definition) is 2. The van der Waals surface area contributed by atoms with Gasteiger partial charge in [-0.2, -0.15) is 0 Å². The molecule has 0 atom stereocenters. The highest BCUT2D eigenvalue weighted by Crippen LogP contribution is 2.24. The van der Waals surface area contributed by atoms with Crippen molar-refractivity contribution in [1.29, 1.82) is 0 Å². The molecule has 1 aromatic carbocycles. The molecule has 92 valence electrons. The minimum Gasteiger partial charge on any atom is -0.496 e. The second kappa shape index (κ2) is 5.05. The van der Waals surface area contributed by atoms with E-state index >= 15 is 0 Å². The minimum atomic E-state index is 0.118. The SMILES string of the molecule is COc1ccccc1C=C1C=C(C)C(=O)C(C)=C1. The zero-order valence-corrected chi connectivity index (χ0v) is 10.9. The summed E-state index contributed by atoms with van der Waals surface area (Å²) >= 11 is 0. The molecule has 0 aliphatic heterocycles. The summed E-state index contributed by atoms with van der Waals surface area (Å²) in [5, 5.41) is 0. The fraction of sp³-hybridized carbons (Fsp3) is 0.188. The average molecular weight is 240 g/mol. The number of Topliss-reactive ketones (excluding diaryl/α,β-unsaturated/α-hetero) is 1. The highest BCUT2D eigenvalue weighted by atomic mass is 16.5. The summed E-state index contributed by atoms with van der Waals surface area (Å²) in [6, 6.07) is 7.82. The number of ketones is 1. The summed E-state index contributed by atoms with van der Waals surface area (Å²) in [4.78, 5) is 11.7. The van der Waals surface area contributed by atoms with E-state index in [0.717, 1.165) is 28.0 Å². The molecule has 1 aliphatic rings. The lowest BCUT2D eigenvalue weighted by Crippen LogP contribution is -2.05. The van der Waals surface area contributed by atoms with Crippen molar-refractivity contribution in [2.75, 3.05) is 7.11 Å². The van der Waals surface area contributed by atoms with Crippen LogP contribution in [0.1, 0.15) is 19.4 Å². The molecular weight excluding hydrogens is 224 g/mol. The smallest absolute Gasteiger partial charge is 0.184 e. The monoisotopic (exact) mass is 240 g/mol. The van der Waals surface area contributed by atoms with Crippen molar-refractivity contribution >= 4 is 11.9 Å². The summed E-state index contributed by atoms with van der Waals surface area (Å²) in [6.07, 6.45) is 5.84. The van der Waals surface area contributed by atoms with Crippen LogP contribution in [0.4, 0.5) is 0 Å². The predicted octanol–water partition coefficient (Wildman–Crippen LogP) is 3.55. The van der Waals surface area contributed by atoms with E-state index in [1.54, 1.807) is 7.11 Å². The van der Waals surface area contributed by atoms with E-state index in [1.165, 1.54) is 0 Å². The molecule has 0 fully saturated rings. The maximum Gasteiger partial charge on any atom is 0.184 e. The standard InChI is InChI=1S/C16H16O2/c1-11-8-13(9-12(2)16(11)17)10-14-6-4-5-7-15(14)18-3/h4-10H,1-3H3. The van der Waals surface area contributed by atoms with Gasteiger partial charge in [0, 0.05) is 5.56 Å². The van der Waals surface area contributed by atoms with Crippen molar-refractivity contribution in [3.8, 4) is 5.75 Å². The number of methoxy groups -OCH3 is 1. The number of benzene rings is 1. The Bertz CT molecular complexity index is 551. The molecule has 0 unspecified atom stereocenters. The van der Waals surface area contributed by atoms with Gasteiger partial charge in [-0.25, -0.2) is 0 Å². The predicted molar refractivity (Wildman–Crippen MR) is 73.5 cm³/mol. The molecule has 0 bridgehead atoms. The van der Waals surface area contributed by atoms with Gasteiger partial charge in [0.1, 0.15) is 5.75 Å². The number of ether oxygens (including phenoxy) is 1. The Morgan fingerprint density at radius 1 is 1.06 bits per heavy atom. The highest BCUT2D eigenvalue weighted by Gasteiger charge is 2.12. The highest BCUT2D eigenvalue weighted by molar-refractivity contribution is 6.09. The number of rotatable bonds is 2. The van der Waals surface area contributed by atoms with Crippen molar-refractivity contribution < 1.29 is 9.53 Å². The summed E-state index contributed by atoms with van der Waals surface area (Å²) in [6.45, 7) is 3.68. The Hall–Kier alpha value is -2.09. The fourth-order valence-corrected chi connectivity index (χ4v) is 2.03. The van der Waals surface area contributed by atoms with E-state index in [2.05, 4.69) is 0 Å². The van der Waals surface area contributed by atoms with Gasteiger partial charge < -0.3 is 4.74 Å². The van der Waals surface area contributed by atoms with Gasteiger partial charge in [0.2, 0.25) is 0 Å². The largest absolute Gasteiger partial charge is 0.496 e. The van der Waals surface area contributed by atoms with Crippen LogP contribution in [-0.2, 0) is 4.79 Å². The molecule has 0 N–H and O–H groups in total. The van der Waals surface area contributed by atoms with Crippen LogP contribution in [-0.4, -0.2) is 12.9 Å². The van der Waals surface area contributed by atoms with Crippen molar-refractivity contribution in [1.82, 2.24) is 0 Å². The van der Waals surface area contributed by atoms with E-state index in [4.69, 9.17) is 4.74 Å². The van der Waals surface area contributed by atoms with Crippen LogP contribution in [0.3, 0.4) is 0 Å². The molecule has 0 saturated carbocycles. The van der Waals surface area contributed by atoms with Crippen LogP contribution in [0.2, 0.25) is 0 Å². The van der Waals surface area contributed by atoms with Gasteiger partial charge in [-0.1, -0.05) is 18.2 Å². The second-order valence-electron chi connectivity index (χ2n) is 4.37. The summed E-state index contributed by atoms with van der Waals surface area (Å²) in [5.41, 5.74) is 3.58. The maximum absolute atomic E-state index is 11.7. The minimum absolute atomic E-state index is 0.118. The summed E-state index contributed by atoms with van der Waals surface area (Å²) in [7, 11) is 1.66. The fourth-order valence-electron chi connectivity index (χ4n) is 2.03. The van der Waals surface area contributed by atoms with Crippen LogP contribution < -0.4 is 4.74 Å². The topological polar surface area (TPSA) is 26.3 Å². The first-order valence-electron chi connectivity index (χ1n) is 5.88. The van der Waals surface area contributed by atoms with E-state index in [1.807, 2.05) is 56.3 Å². The van der Waals surface area contributed by atoms with E-state index in [9.17, 15) is 4.79 Å². The van der Waals surface area contributed by atoms with Crippen LogP contribution >= 0.6 is 0 Å². The molecule has 1 aromatic rings. The average Bonchev–Trinajstić information content (AvgIpc) is 2.36. The first kappa shape index (κ1) is 12.4. The first-order chi connectivity index (χ1) is 8.61. The Morgan fingerprint density at radius 2 is 1.67 bits per heavy atom. The Morgan fingerprint density at radius 3 is 2.28 bits per heavy atom. The van der Waals surface area contributed by atoms with E-state index in [-0.39, 0.29) is 5.78 Å². The molecule has 2 heteroatoms. The second-order valence-corrected chi connectivity index (χ2v) is 4.37. The van der Waals surface area contributed by atoms with Crippen molar-refractivity contribution in [2.24, 2.45) is 0 Å². The van der Waals surface area contributed by atoms with Crippen molar-refractivity contribution in [3.05, 3.63) is 58.7 Å². The quantitative estimate of drug-likeness (QED) is 0.790. The molecule has 0 spiro atoms. The lowest BCUT2D eigenvalue weighted by Gasteiger charge is -2.10. The van der Waals surface area contributed by atoms with Gasteiger partial charge in [0.15, 0.2) is 5.78 Å². The Balaban J connectivity index is 2.43. The maximum atomic E-state index is 11.7. The molecule has 18 heavy (non-hydrogen) atoms. The normalized spacial score (nSPS) is 15.1. The van der Waals surface area contributed by atoms with Crippen LogP contribution in [0, 0.1) is 0 Å². The van der Waals surface area contributed by atoms with Gasteiger partial charge in [-0.3, -0.25) is 4.79 Å². The van der Waals surface area contributed by atoms with Crippen molar-refractivity contribution in [3.63, 3.8) is 0 Å². The van der Waals surface area contributed by atoms with Crippen LogP contribution in [0.15, 0.2) is 53.1 Å². The van der Waals surface area contributed by atoms with E-state index < -0.39 is 0 Å². The van der Waals surface area contributed by atoms with Crippen molar-refractivity contribution in [2.45, 2.75) is 13.8 Å². The van der Waals surface area contributed by atoms with Gasteiger partial charge in [0.25, 0.3) is 0 Å². The number of para-hydroxylation sites is 1. The molecule has 2 nitrogen and oxygen atoms in total. The lowest BCUT2D eigenvalue weighted by molar-refractivity contribution is -0.112. The number of hydrogen-bond donors (Lipinski definition) is 0. The first-order valence-corrected chi connectivity index (χ1v) is 5.88. The molecule has 0 saturated heterocycles. The molecule has 0 amide bonds. The molecule has 2 rings (SSSR count). The summed E-state index contributed by atoms with van der Waals surface area (Å²) < 4.78 is 5.31. The molecule has 0 radical (unpaired) electrons. The molecule has 0 heterocycles.